The van der Waals surface area contributed by atoms with Gasteiger partial charge in [0.1, 0.15) is 0 Å². The average Bonchev–Trinajstić information content (AvgIpc) is 2.27. The molecule has 102 valence electrons. The van der Waals surface area contributed by atoms with Gasteiger partial charge in [-0.3, -0.25) is 9.59 Å². The molecular weight excluding hydrogens is 262 g/mol. The molecule has 1 heterocycles. The van der Waals surface area contributed by atoms with Crippen molar-refractivity contribution in [2.75, 3.05) is 11.4 Å². The summed E-state index contributed by atoms with van der Waals surface area (Å²) in [6, 6.07) is 5.13. The molecular formula is C15H18ClNO2. The van der Waals surface area contributed by atoms with Crippen LogP contribution >= 0.6 is 11.6 Å². The molecule has 1 aliphatic heterocycles. The molecule has 4 heteroatoms. The molecule has 1 aromatic rings. The minimum Gasteiger partial charge on any atom is -0.311 e. The highest BCUT2D eigenvalue weighted by molar-refractivity contribution is 6.31. The molecule has 1 aromatic carbocycles. The van der Waals surface area contributed by atoms with E-state index in [0.717, 1.165) is 0 Å². The molecule has 0 spiro atoms. The lowest BCUT2D eigenvalue weighted by Crippen LogP contribution is -2.39. The Hall–Kier alpha value is -1.35. The monoisotopic (exact) mass is 279 g/mol. The summed E-state index contributed by atoms with van der Waals surface area (Å²) in [6.07, 6.45) is 0.826. The second-order valence-corrected chi connectivity index (χ2v) is 6.55. The summed E-state index contributed by atoms with van der Waals surface area (Å²) in [7, 11) is 0. The largest absolute Gasteiger partial charge is 0.311 e. The minimum atomic E-state index is -0.0644. The van der Waals surface area contributed by atoms with E-state index in [1.165, 1.54) is 0 Å². The zero-order valence-corrected chi connectivity index (χ0v) is 12.3. The fourth-order valence-electron chi connectivity index (χ4n) is 2.24. The zero-order valence-electron chi connectivity index (χ0n) is 11.5. The summed E-state index contributed by atoms with van der Waals surface area (Å²) in [5.74, 6) is 0.112. The Morgan fingerprint density at radius 1 is 1.37 bits per heavy atom. The van der Waals surface area contributed by atoms with Crippen molar-refractivity contribution in [2.24, 2.45) is 5.41 Å². The number of nitrogens with zero attached hydrogens (tertiary/aromatic N) is 1. The first-order valence-electron chi connectivity index (χ1n) is 6.41. The summed E-state index contributed by atoms with van der Waals surface area (Å²) >= 11 is 5.92. The van der Waals surface area contributed by atoms with Crippen molar-refractivity contribution in [3.63, 3.8) is 0 Å². The van der Waals surface area contributed by atoms with Gasteiger partial charge in [0.15, 0.2) is 5.78 Å². The fourth-order valence-corrected chi connectivity index (χ4v) is 2.42. The summed E-state index contributed by atoms with van der Waals surface area (Å²) in [5, 5.41) is 0.525. The molecule has 0 N–H and O–H groups in total. The molecule has 19 heavy (non-hydrogen) atoms. The van der Waals surface area contributed by atoms with E-state index in [1.807, 2.05) is 20.8 Å². The van der Waals surface area contributed by atoms with E-state index in [1.54, 1.807) is 23.1 Å². The Morgan fingerprint density at radius 2 is 2.05 bits per heavy atom. The highest BCUT2D eigenvalue weighted by atomic mass is 35.5. The van der Waals surface area contributed by atoms with Crippen molar-refractivity contribution in [2.45, 2.75) is 33.6 Å². The average molecular weight is 280 g/mol. The highest BCUT2D eigenvalue weighted by Gasteiger charge is 2.29. The topological polar surface area (TPSA) is 37.4 Å². The number of rotatable bonds is 1. The number of hydrogen-bond donors (Lipinski definition) is 0. The first kappa shape index (κ1) is 14.1. The number of carbonyl (C=O) groups excluding carboxylic acids is 2. The van der Waals surface area contributed by atoms with E-state index in [9.17, 15) is 9.59 Å². The van der Waals surface area contributed by atoms with Crippen LogP contribution in [0.5, 0.6) is 0 Å². The number of ketones is 1. The third-order valence-electron chi connectivity index (χ3n) is 3.09. The SMILES string of the molecule is CC(C)(C)CC(=O)N1CCC(=O)c2cc(Cl)ccc21. The zero-order chi connectivity index (χ0) is 14.2. The van der Waals surface area contributed by atoms with Crippen molar-refractivity contribution < 1.29 is 9.59 Å². The molecule has 2 rings (SSSR count). The van der Waals surface area contributed by atoms with Gasteiger partial charge in [0.25, 0.3) is 0 Å². The van der Waals surface area contributed by atoms with E-state index in [4.69, 9.17) is 11.6 Å². The van der Waals surface area contributed by atoms with Gasteiger partial charge < -0.3 is 4.90 Å². The number of fused-ring (bicyclic) bond motifs is 1. The number of benzene rings is 1. The van der Waals surface area contributed by atoms with Crippen molar-refractivity contribution in [1.29, 1.82) is 0 Å². The van der Waals surface area contributed by atoms with Gasteiger partial charge in [0.2, 0.25) is 5.91 Å². The molecule has 0 saturated heterocycles. The molecule has 0 bridgehead atoms. The molecule has 0 radical (unpaired) electrons. The van der Waals surface area contributed by atoms with Gasteiger partial charge in [-0.2, -0.15) is 0 Å². The number of halogens is 1. The number of anilines is 1. The van der Waals surface area contributed by atoms with Crippen LogP contribution in [0.1, 0.15) is 44.0 Å². The maximum absolute atomic E-state index is 12.3. The lowest BCUT2D eigenvalue weighted by atomic mass is 9.90. The molecule has 0 aliphatic carbocycles. The van der Waals surface area contributed by atoms with E-state index in [2.05, 4.69) is 0 Å². The van der Waals surface area contributed by atoms with Crippen molar-refractivity contribution >= 4 is 29.0 Å². The van der Waals surface area contributed by atoms with Crippen molar-refractivity contribution in [3.8, 4) is 0 Å². The summed E-state index contributed by atoms with van der Waals surface area (Å²) in [4.78, 5) is 26.0. The number of amides is 1. The van der Waals surface area contributed by atoms with Crippen LogP contribution in [0.3, 0.4) is 0 Å². The van der Waals surface area contributed by atoms with Crippen molar-refractivity contribution in [1.82, 2.24) is 0 Å². The maximum atomic E-state index is 12.3. The van der Waals surface area contributed by atoms with E-state index in [-0.39, 0.29) is 17.1 Å². The standard InChI is InChI=1S/C15H18ClNO2/c1-15(2,3)9-14(19)17-7-6-13(18)11-8-10(16)4-5-12(11)17/h4-5,8H,6-7,9H2,1-3H3. The van der Waals surface area contributed by atoms with Crippen LogP contribution in [-0.2, 0) is 4.79 Å². The van der Waals surface area contributed by atoms with E-state index in [0.29, 0.717) is 35.7 Å². The third kappa shape index (κ3) is 3.16. The van der Waals surface area contributed by atoms with Crippen LogP contribution in [0.25, 0.3) is 0 Å². The Balaban J connectivity index is 2.33. The van der Waals surface area contributed by atoms with Gasteiger partial charge in [-0.25, -0.2) is 0 Å². The molecule has 0 saturated carbocycles. The first-order chi connectivity index (χ1) is 8.78. The number of Topliss-reactive ketones (excluding diaryl/α,β-unsaturated/α-hetero) is 1. The van der Waals surface area contributed by atoms with Crippen LogP contribution < -0.4 is 4.90 Å². The molecule has 3 nitrogen and oxygen atoms in total. The van der Waals surface area contributed by atoms with E-state index >= 15 is 0 Å². The van der Waals surface area contributed by atoms with Gasteiger partial charge in [-0.1, -0.05) is 32.4 Å². The maximum Gasteiger partial charge on any atom is 0.227 e. The Kier molecular flexibility index (Phi) is 3.68. The minimum absolute atomic E-state index is 0.0531. The normalized spacial score (nSPS) is 15.4. The predicted octanol–water partition coefficient (Wildman–Crippen LogP) is 3.70. The summed E-state index contributed by atoms with van der Waals surface area (Å²) < 4.78 is 0. The molecule has 0 atom stereocenters. The Morgan fingerprint density at radius 3 is 2.68 bits per heavy atom. The van der Waals surface area contributed by atoms with Crippen LogP contribution in [0.4, 0.5) is 5.69 Å². The summed E-state index contributed by atoms with van der Waals surface area (Å²) in [6.45, 7) is 6.55. The Labute approximate surface area is 118 Å². The number of carbonyl (C=O) groups is 2. The molecule has 1 amide bonds. The second kappa shape index (κ2) is 4.97. The lowest BCUT2D eigenvalue weighted by Gasteiger charge is -2.31. The highest BCUT2D eigenvalue weighted by Crippen LogP contribution is 2.31. The summed E-state index contributed by atoms with van der Waals surface area (Å²) in [5.41, 5.74) is 1.18. The third-order valence-corrected chi connectivity index (χ3v) is 3.33. The van der Waals surface area contributed by atoms with Crippen molar-refractivity contribution in [3.05, 3.63) is 28.8 Å². The van der Waals surface area contributed by atoms with Crippen LogP contribution in [0, 0.1) is 5.41 Å². The van der Waals surface area contributed by atoms with Crippen LogP contribution in [0.2, 0.25) is 5.02 Å². The quantitative estimate of drug-likeness (QED) is 0.786. The van der Waals surface area contributed by atoms with Gasteiger partial charge in [-0.15, -0.1) is 0 Å². The van der Waals surface area contributed by atoms with Crippen LogP contribution in [-0.4, -0.2) is 18.2 Å². The van der Waals surface area contributed by atoms with Gasteiger partial charge in [0.05, 0.1) is 5.69 Å². The van der Waals surface area contributed by atoms with Gasteiger partial charge in [0, 0.05) is 30.0 Å². The Bertz CT molecular complexity index is 531. The molecule has 0 fully saturated rings. The smallest absolute Gasteiger partial charge is 0.227 e. The lowest BCUT2D eigenvalue weighted by molar-refractivity contribution is -0.120. The number of hydrogen-bond acceptors (Lipinski definition) is 2. The fraction of sp³-hybridized carbons (Fsp3) is 0.467. The molecule has 1 aliphatic rings. The molecule has 0 unspecified atom stereocenters. The van der Waals surface area contributed by atoms with Crippen LogP contribution in [0.15, 0.2) is 18.2 Å². The van der Waals surface area contributed by atoms with E-state index < -0.39 is 0 Å². The van der Waals surface area contributed by atoms with Gasteiger partial charge in [-0.05, 0) is 23.6 Å². The molecule has 0 aromatic heterocycles. The van der Waals surface area contributed by atoms with Gasteiger partial charge >= 0.3 is 0 Å². The predicted molar refractivity (Wildman–Crippen MR) is 76.8 cm³/mol. The first-order valence-corrected chi connectivity index (χ1v) is 6.79. The second-order valence-electron chi connectivity index (χ2n) is 6.12.